The molecule has 0 aliphatic carbocycles. The summed E-state index contributed by atoms with van der Waals surface area (Å²) >= 11 is 0. The minimum absolute atomic E-state index is 0. The summed E-state index contributed by atoms with van der Waals surface area (Å²) in [5.74, 6) is 0. The van der Waals surface area contributed by atoms with Crippen molar-refractivity contribution < 1.29 is 27.7 Å². The van der Waals surface area contributed by atoms with Crippen molar-refractivity contribution in [3.05, 3.63) is 0 Å². The van der Waals surface area contributed by atoms with Gasteiger partial charge in [0.1, 0.15) is 0 Å². The van der Waals surface area contributed by atoms with E-state index in [1.165, 1.54) is 0 Å². The molecular weight excluding hydrogens is 274 g/mol. The van der Waals surface area contributed by atoms with Crippen LogP contribution in [0.25, 0.3) is 0 Å². The van der Waals surface area contributed by atoms with Crippen LogP contribution in [0.4, 0.5) is 0 Å². The molecule has 0 rings (SSSR count). The maximum atomic E-state index is 0. The standard InChI is InChI=1S/Hg.3Mg. The summed E-state index contributed by atoms with van der Waals surface area (Å²) in [5.41, 5.74) is 0. The molecule has 0 spiro atoms. The molecule has 0 heterocycles. The first-order valence-electron chi connectivity index (χ1n) is 0. The number of rotatable bonds is 0. The van der Waals surface area contributed by atoms with E-state index in [0.29, 0.717) is 0 Å². The predicted octanol–water partition coefficient (Wildman–Crippen LogP) is -1.14. The van der Waals surface area contributed by atoms with Gasteiger partial charge in [0.2, 0.25) is 0 Å². The third-order valence-corrected chi connectivity index (χ3v) is 0. The molecule has 4 heavy (non-hydrogen) atoms. The Labute approximate surface area is 94.8 Å². The van der Waals surface area contributed by atoms with Crippen LogP contribution in [0.5, 0.6) is 0 Å². The van der Waals surface area contributed by atoms with Crippen LogP contribution in [-0.4, -0.2) is 69.2 Å². The van der Waals surface area contributed by atoms with E-state index in [2.05, 4.69) is 0 Å². The van der Waals surface area contributed by atoms with Gasteiger partial charge in [-0.1, -0.05) is 0 Å². The van der Waals surface area contributed by atoms with Gasteiger partial charge in [-0.25, -0.2) is 0 Å². The minimum atomic E-state index is 0. The monoisotopic (exact) mass is 274 g/mol. The van der Waals surface area contributed by atoms with Crippen molar-refractivity contribution in [3.63, 3.8) is 0 Å². The van der Waals surface area contributed by atoms with E-state index in [9.17, 15) is 0 Å². The Morgan fingerprint density at radius 2 is 0.500 bits per heavy atom. The Morgan fingerprint density at radius 1 is 0.500 bits per heavy atom. The van der Waals surface area contributed by atoms with Crippen molar-refractivity contribution in [2.75, 3.05) is 0 Å². The van der Waals surface area contributed by atoms with E-state index in [1.807, 2.05) is 0 Å². The predicted molar refractivity (Wildman–Crippen MR) is 17.3 cm³/mol. The van der Waals surface area contributed by atoms with Crippen LogP contribution >= 0.6 is 0 Å². The fourth-order valence-corrected chi connectivity index (χ4v) is 0. The van der Waals surface area contributed by atoms with Gasteiger partial charge in [-0.05, 0) is 0 Å². The molecule has 0 bridgehead atoms. The molecule has 0 atom stereocenters. The van der Waals surface area contributed by atoms with E-state index in [0.717, 1.165) is 0 Å². The van der Waals surface area contributed by atoms with Crippen molar-refractivity contribution >= 4 is 69.2 Å². The molecule has 0 fully saturated rings. The van der Waals surface area contributed by atoms with Gasteiger partial charge in [-0.3, -0.25) is 0 Å². The van der Waals surface area contributed by atoms with Crippen LogP contribution in [0.15, 0.2) is 0 Å². The van der Waals surface area contributed by atoms with E-state index in [-0.39, 0.29) is 96.8 Å². The van der Waals surface area contributed by atoms with Gasteiger partial charge in [0.25, 0.3) is 0 Å². The topological polar surface area (TPSA) is 0 Å². The smallest absolute Gasteiger partial charge is 0 e. The molecule has 0 saturated carbocycles. The van der Waals surface area contributed by atoms with E-state index < -0.39 is 0 Å². The molecular formula is HgMg3. The average molecular weight is 274 g/mol. The first kappa shape index (κ1) is 26.9. The Kier molecular flexibility index (Phi) is 110. The van der Waals surface area contributed by atoms with Gasteiger partial charge in [0.15, 0.2) is 0 Å². The van der Waals surface area contributed by atoms with E-state index in [1.54, 1.807) is 0 Å². The summed E-state index contributed by atoms with van der Waals surface area (Å²) in [6, 6.07) is 0. The van der Waals surface area contributed by atoms with Crippen LogP contribution < -0.4 is 0 Å². The Balaban J connectivity index is 0. The summed E-state index contributed by atoms with van der Waals surface area (Å²) in [5, 5.41) is 0. The second-order valence-corrected chi connectivity index (χ2v) is 0. The second kappa shape index (κ2) is 16.3. The fourth-order valence-electron chi connectivity index (χ4n) is 0. The van der Waals surface area contributed by atoms with E-state index >= 15 is 0 Å². The zero-order valence-electron chi connectivity index (χ0n) is 2.83. The molecule has 8 valence electrons. The molecule has 0 unspecified atom stereocenters. The maximum Gasteiger partial charge on any atom is 0 e. The molecule has 0 nitrogen and oxygen atoms in total. The van der Waals surface area contributed by atoms with Gasteiger partial charge < -0.3 is 0 Å². The molecule has 4 heteroatoms. The molecule has 0 aliphatic heterocycles. The van der Waals surface area contributed by atoms with Crippen LogP contribution in [0.1, 0.15) is 0 Å². The van der Waals surface area contributed by atoms with Crippen LogP contribution in [0, 0.1) is 0 Å². The molecule has 0 aromatic heterocycles. The summed E-state index contributed by atoms with van der Waals surface area (Å²) in [6.07, 6.45) is 0. The quantitative estimate of drug-likeness (QED) is 0.489. The zero-order valence-corrected chi connectivity index (χ0v) is 12.6. The summed E-state index contributed by atoms with van der Waals surface area (Å²) in [7, 11) is 0. The second-order valence-electron chi connectivity index (χ2n) is 0. The van der Waals surface area contributed by atoms with Crippen molar-refractivity contribution in [2.24, 2.45) is 0 Å². The van der Waals surface area contributed by atoms with Gasteiger partial charge in [-0.15, -0.1) is 0 Å². The van der Waals surface area contributed by atoms with Crippen LogP contribution in [-0.2, 0) is 27.7 Å². The summed E-state index contributed by atoms with van der Waals surface area (Å²) in [4.78, 5) is 0. The van der Waals surface area contributed by atoms with Crippen molar-refractivity contribution in [1.82, 2.24) is 0 Å². The molecule has 0 N–H and O–H groups in total. The first-order chi connectivity index (χ1) is 0. The Bertz CT molecular complexity index is 3.25. The van der Waals surface area contributed by atoms with Crippen LogP contribution in [0.3, 0.4) is 0 Å². The molecule has 0 saturated heterocycles. The normalized spacial score (nSPS) is 0. The largest absolute Gasteiger partial charge is 0 e. The molecule has 6 radical (unpaired) electrons. The Hall–Kier alpha value is 3.23. The van der Waals surface area contributed by atoms with Gasteiger partial charge in [0, 0.05) is 96.8 Å². The van der Waals surface area contributed by atoms with Gasteiger partial charge >= 0.3 is 0 Å². The van der Waals surface area contributed by atoms with Crippen molar-refractivity contribution in [1.29, 1.82) is 0 Å². The summed E-state index contributed by atoms with van der Waals surface area (Å²) in [6.45, 7) is 0. The number of hydrogen-bond donors (Lipinski definition) is 0. The zero-order chi connectivity index (χ0) is 0. The maximum absolute atomic E-state index is 0. The molecule has 0 amide bonds. The third kappa shape index (κ3) is 8.97. The fraction of sp³-hybridized carbons (Fsp3) is 0. The van der Waals surface area contributed by atoms with Crippen LogP contribution in [0.2, 0.25) is 0 Å². The number of hydrogen-bond acceptors (Lipinski definition) is 0. The summed E-state index contributed by atoms with van der Waals surface area (Å²) < 4.78 is 0. The molecule has 0 aromatic carbocycles. The molecule has 0 aliphatic rings. The first-order valence-corrected chi connectivity index (χ1v) is 0. The van der Waals surface area contributed by atoms with Crippen molar-refractivity contribution in [3.8, 4) is 0 Å². The van der Waals surface area contributed by atoms with Gasteiger partial charge in [-0.2, -0.15) is 0 Å². The van der Waals surface area contributed by atoms with E-state index in [4.69, 9.17) is 0 Å². The van der Waals surface area contributed by atoms with Crippen molar-refractivity contribution in [2.45, 2.75) is 0 Å². The third-order valence-electron chi connectivity index (χ3n) is 0. The van der Waals surface area contributed by atoms with Gasteiger partial charge in [0.05, 0.1) is 0 Å². The minimum Gasteiger partial charge on any atom is 0 e. The average Bonchev–Trinajstić information content (AvgIpc) is 0. The SMILES string of the molecule is [Hg].[Mg].[Mg].[Mg]. The molecule has 0 aromatic rings. The Morgan fingerprint density at radius 3 is 0.500 bits per heavy atom.